The summed E-state index contributed by atoms with van der Waals surface area (Å²) in [6.07, 6.45) is 4.10. The molecular formula is C54H93N11O12. The van der Waals surface area contributed by atoms with Crippen LogP contribution in [0.5, 0.6) is 0 Å². The van der Waals surface area contributed by atoms with E-state index in [0.717, 1.165) is 33.7 Å². The van der Waals surface area contributed by atoms with E-state index in [-0.39, 0.29) is 49.9 Å². The smallest absolute Gasteiger partial charge is 0.334 e. The number of hydrogen-bond acceptors (Lipinski definition) is 12. The summed E-state index contributed by atoms with van der Waals surface area (Å²) in [6.45, 7) is 25.4. The highest BCUT2D eigenvalue weighted by Crippen LogP contribution is 2.23. The Bertz CT molecular complexity index is 2190. The summed E-state index contributed by atoms with van der Waals surface area (Å²) in [5.41, 5.74) is -1.98. The first-order valence-corrected chi connectivity index (χ1v) is 26.5. The molecule has 0 spiro atoms. The van der Waals surface area contributed by atoms with Crippen LogP contribution < -0.4 is 21.3 Å². The van der Waals surface area contributed by atoms with E-state index in [1.165, 1.54) is 67.8 Å². The van der Waals surface area contributed by atoms with Gasteiger partial charge in [-0.3, -0.25) is 48.1 Å². The third-order valence-corrected chi connectivity index (χ3v) is 13.8. The quantitative estimate of drug-likeness (QED) is 0.139. The molecule has 2 unspecified atom stereocenters. The molecule has 1 heterocycles. The number of hydrogen-bond donors (Lipinski definition) is 5. The zero-order valence-electron chi connectivity index (χ0n) is 49.6. The largest absolute Gasteiger partial charge is 0.390 e. The van der Waals surface area contributed by atoms with Gasteiger partial charge in [-0.2, -0.15) is 0 Å². The van der Waals surface area contributed by atoms with E-state index in [1.807, 2.05) is 39.8 Å². The van der Waals surface area contributed by atoms with E-state index in [1.54, 1.807) is 34.6 Å². The molecule has 23 nitrogen and oxygen atoms in total. The van der Waals surface area contributed by atoms with Gasteiger partial charge in [-0.25, -0.2) is 14.5 Å². The molecule has 0 saturated carbocycles. The van der Waals surface area contributed by atoms with Crippen LogP contribution in [0.3, 0.4) is 0 Å². The Morgan fingerprint density at radius 1 is 0.558 bits per heavy atom. The number of carbonyl (C=O) groups is 11. The molecule has 9 atom stereocenters. The second-order valence-corrected chi connectivity index (χ2v) is 22.4. The van der Waals surface area contributed by atoms with Crippen LogP contribution in [0.4, 0.5) is 9.59 Å². The van der Waals surface area contributed by atoms with Crippen molar-refractivity contribution < 1.29 is 57.8 Å². The monoisotopic (exact) mass is 1090 g/mol. The molecule has 436 valence electrons. The average Bonchev–Trinajstić information content (AvgIpc) is 3.35. The van der Waals surface area contributed by atoms with Crippen LogP contribution in [-0.4, -0.2) is 208 Å². The number of nitrogens with one attached hydrogen (secondary N) is 4. The predicted octanol–water partition coefficient (Wildman–Crippen LogP) is 2.67. The van der Waals surface area contributed by atoms with Crippen molar-refractivity contribution in [2.75, 3.05) is 49.3 Å². The second kappa shape index (κ2) is 29.9. The fourth-order valence-corrected chi connectivity index (χ4v) is 8.75. The van der Waals surface area contributed by atoms with Crippen molar-refractivity contribution in [2.45, 2.75) is 182 Å². The first-order valence-electron chi connectivity index (χ1n) is 26.5. The van der Waals surface area contributed by atoms with Crippen LogP contribution in [0.15, 0.2) is 24.4 Å². The van der Waals surface area contributed by atoms with Gasteiger partial charge in [-0.15, -0.1) is 0 Å². The summed E-state index contributed by atoms with van der Waals surface area (Å²) < 4.78 is 0. The van der Waals surface area contributed by atoms with Crippen LogP contribution in [0, 0.1) is 23.7 Å². The van der Waals surface area contributed by atoms with Crippen molar-refractivity contribution in [1.82, 2.24) is 55.6 Å². The lowest BCUT2D eigenvalue weighted by atomic mass is 9.95. The Kier molecular flexibility index (Phi) is 26.7. The molecule has 77 heavy (non-hydrogen) atoms. The summed E-state index contributed by atoms with van der Waals surface area (Å²) >= 11 is 0. The number of urea groups is 2. The van der Waals surface area contributed by atoms with Crippen LogP contribution in [0.25, 0.3) is 0 Å². The van der Waals surface area contributed by atoms with Gasteiger partial charge in [-0.1, -0.05) is 74.1 Å². The van der Waals surface area contributed by atoms with Gasteiger partial charge < -0.3 is 50.9 Å². The van der Waals surface area contributed by atoms with E-state index in [4.69, 9.17) is 0 Å². The Labute approximate surface area is 457 Å². The van der Waals surface area contributed by atoms with E-state index in [2.05, 4.69) is 27.8 Å². The molecule has 13 amide bonds. The molecule has 0 aliphatic carbocycles. The summed E-state index contributed by atoms with van der Waals surface area (Å²) in [5, 5.41) is 21.7. The first kappa shape index (κ1) is 68.6. The summed E-state index contributed by atoms with van der Waals surface area (Å²) in [7, 11) is 8.83. The maximum Gasteiger partial charge on any atom is 0.334 e. The van der Waals surface area contributed by atoms with E-state index < -0.39 is 131 Å². The molecule has 1 saturated heterocycles. The normalized spacial score (nSPS) is 25.8. The van der Waals surface area contributed by atoms with Crippen LogP contribution in [0.2, 0.25) is 0 Å². The molecule has 1 fully saturated rings. The van der Waals surface area contributed by atoms with E-state index in [9.17, 15) is 57.8 Å². The average molecular weight is 1090 g/mol. The highest BCUT2D eigenvalue weighted by atomic mass is 16.3. The summed E-state index contributed by atoms with van der Waals surface area (Å²) in [5.74, 6) is -8.26. The van der Waals surface area contributed by atoms with Crippen molar-refractivity contribution in [3.8, 4) is 0 Å². The number of aliphatic hydroxyl groups is 1. The molecule has 1 aliphatic heterocycles. The lowest BCUT2D eigenvalue weighted by molar-refractivity contribution is -0.146. The number of rotatable bonds is 12. The number of allylic oxidation sites excluding steroid dienone is 2. The molecule has 0 aromatic rings. The number of amides is 13. The number of carbonyl (C=O) groups excluding carboxylic acids is 11. The van der Waals surface area contributed by atoms with Crippen molar-refractivity contribution in [3.63, 3.8) is 0 Å². The highest BCUT2D eigenvalue weighted by molar-refractivity contribution is 6.05. The molecule has 23 heteroatoms. The van der Waals surface area contributed by atoms with Gasteiger partial charge in [0.15, 0.2) is 0 Å². The second-order valence-electron chi connectivity index (χ2n) is 22.4. The molecule has 1 rings (SSSR count). The summed E-state index contributed by atoms with van der Waals surface area (Å²) in [4.78, 5) is 163. The maximum absolute atomic E-state index is 14.5. The highest BCUT2D eigenvalue weighted by Gasteiger charge is 2.42. The minimum Gasteiger partial charge on any atom is -0.390 e. The topological polar surface area (TPSA) is 279 Å². The Morgan fingerprint density at radius 2 is 1.04 bits per heavy atom. The molecule has 1 aliphatic rings. The molecule has 0 radical (unpaired) electrons. The Hall–Kier alpha value is -6.39. The maximum atomic E-state index is 14.5. The van der Waals surface area contributed by atoms with Gasteiger partial charge in [0.05, 0.1) is 5.60 Å². The first-order chi connectivity index (χ1) is 35.4. The fraction of sp³-hybridized carbons (Fsp3) is 0.722. The standard InChI is InChI=1S/C54H93N11O12/c1-22-24-25-33(9)28-39-45(68)57-37(23-2)49(72)59(15)36(12)48(71)62(18)41(29-54(13,14)77)46(69)58-42(32(7)8)51(74)60(16)38(26-30(3)4)44(67)55-34(10)43(66)56-35(11)47(70)61(17)40(27-31(5)6)50(73)64(20)53(76)65(21)52(75)63(39)19/h22,24,30-35,37-42,77H,12,23,25-29H2,1-11,13-21H3,(H,55,67)(H,56,66)(H,57,68)(H,58,69)/b24-22+/t33-,34+,35+,37+,38+,39?,40-,41+,42?/m1/s1. The van der Waals surface area contributed by atoms with Crippen molar-refractivity contribution >= 4 is 65.2 Å². The molecule has 0 aromatic heterocycles. The number of imide groups is 2. The van der Waals surface area contributed by atoms with Gasteiger partial charge in [-0.05, 0) is 90.4 Å². The van der Waals surface area contributed by atoms with Crippen LogP contribution >= 0.6 is 0 Å². The fourth-order valence-electron chi connectivity index (χ4n) is 8.75. The predicted molar refractivity (Wildman–Crippen MR) is 292 cm³/mol. The van der Waals surface area contributed by atoms with Crippen molar-refractivity contribution in [1.29, 1.82) is 0 Å². The molecule has 0 bridgehead atoms. The molecule has 5 N–H and O–H groups in total. The van der Waals surface area contributed by atoms with Gasteiger partial charge in [0.2, 0.25) is 41.4 Å². The van der Waals surface area contributed by atoms with Crippen LogP contribution in [-0.2, 0) is 43.2 Å². The molecular weight excluding hydrogens is 995 g/mol. The lowest BCUT2D eigenvalue weighted by Gasteiger charge is -2.36. The van der Waals surface area contributed by atoms with Gasteiger partial charge in [0, 0.05) is 55.8 Å². The third-order valence-electron chi connectivity index (χ3n) is 13.8. The van der Waals surface area contributed by atoms with E-state index in [0.29, 0.717) is 16.2 Å². The minimum absolute atomic E-state index is 0.00280. The van der Waals surface area contributed by atoms with Gasteiger partial charge in [0.25, 0.3) is 11.8 Å². The lowest BCUT2D eigenvalue weighted by Crippen LogP contribution is -2.61. The zero-order valence-corrected chi connectivity index (χ0v) is 49.6. The molecule has 0 aromatic carbocycles. The Morgan fingerprint density at radius 3 is 1.53 bits per heavy atom. The van der Waals surface area contributed by atoms with Crippen molar-refractivity contribution in [2.24, 2.45) is 23.7 Å². The summed E-state index contributed by atoms with van der Waals surface area (Å²) in [6, 6.07) is -12.4. The third kappa shape index (κ3) is 19.2. The van der Waals surface area contributed by atoms with Gasteiger partial charge >= 0.3 is 12.1 Å². The van der Waals surface area contributed by atoms with Crippen LogP contribution in [0.1, 0.15) is 129 Å². The van der Waals surface area contributed by atoms with Gasteiger partial charge in [0.1, 0.15) is 54.0 Å². The van der Waals surface area contributed by atoms with E-state index >= 15 is 0 Å². The number of nitrogens with zero attached hydrogens (tertiary/aromatic N) is 7. The SMILES string of the molecule is C=C1C(=O)N(C)[C@@H](CC(C)(C)O)C(=O)NC(C(C)C)C(=O)N(C)[C@@H](CC(C)C)C(=O)N[C@@H](C)C(=O)N[C@@H](C)C(=O)N(C)[C@H](CC(C)C)C(=O)N(C)C(=O)N(C)C(=O)N(C)C(C[C@H](C)C/C=C/C)C(=O)N[C@@H](CC)C(=O)N1C. The minimum atomic E-state index is -1.56. The Balaban J connectivity index is 4.15. The van der Waals surface area contributed by atoms with Crippen molar-refractivity contribution in [3.05, 3.63) is 24.4 Å². The zero-order chi connectivity index (χ0) is 59.9. The number of likely N-dealkylation sites (N-methyl/N-ethyl adjacent to an activating group) is 6.